The van der Waals surface area contributed by atoms with Gasteiger partial charge in [-0.25, -0.2) is 15.0 Å². The predicted octanol–water partition coefficient (Wildman–Crippen LogP) is 4.46. The van der Waals surface area contributed by atoms with Crippen LogP contribution in [-0.4, -0.2) is 42.8 Å². The molecular weight excluding hydrogens is 434 g/mol. The highest BCUT2D eigenvalue weighted by molar-refractivity contribution is 5.99. The number of methoxy groups -OCH3 is 2. The number of esters is 2. The monoisotopic (exact) mass is 463 g/mol. The summed E-state index contributed by atoms with van der Waals surface area (Å²) in [6.45, 7) is 7.82. The van der Waals surface area contributed by atoms with Gasteiger partial charge in [-0.05, 0) is 61.9 Å². The van der Waals surface area contributed by atoms with E-state index in [-0.39, 0.29) is 0 Å². The van der Waals surface area contributed by atoms with Crippen molar-refractivity contribution in [2.24, 2.45) is 5.10 Å². The molecule has 0 radical (unpaired) electrons. The lowest BCUT2D eigenvalue weighted by Crippen LogP contribution is -2.19. The average Bonchev–Trinajstić information content (AvgIpc) is 3.21. The first kappa shape index (κ1) is 26.1. The molecule has 1 N–H and O–H groups in total. The normalized spacial score (nSPS) is 10.3. The zero-order chi connectivity index (χ0) is 25.3. The minimum Gasteiger partial charge on any atom is -0.465 e. The Kier molecular flexibility index (Phi) is 9.31. The van der Waals surface area contributed by atoms with E-state index in [1.807, 2.05) is 44.4 Å². The van der Waals surface area contributed by atoms with Gasteiger partial charge >= 0.3 is 11.9 Å². The van der Waals surface area contributed by atoms with Gasteiger partial charge in [0, 0.05) is 17.0 Å². The van der Waals surface area contributed by atoms with E-state index >= 15 is 0 Å². The molecule has 0 fully saturated rings. The highest BCUT2D eigenvalue weighted by Crippen LogP contribution is 2.23. The highest BCUT2D eigenvalue weighted by atomic mass is 16.5. The van der Waals surface area contributed by atoms with Crippen LogP contribution in [0.3, 0.4) is 0 Å². The molecule has 0 bridgehead atoms. The third kappa shape index (κ3) is 5.98. The minimum atomic E-state index is -0.497. The van der Waals surface area contributed by atoms with E-state index in [0.717, 1.165) is 11.4 Å². The number of nitrogens with one attached hydrogen (secondary N) is 1. The largest absolute Gasteiger partial charge is 0.465 e. The molecule has 3 aromatic rings. The number of benzene rings is 2. The second-order valence-electron chi connectivity index (χ2n) is 6.99. The Labute approximate surface area is 199 Å². The van der Waals surface area contributed by atoms with E-state index < -0.39 is 17.8 Å². The first-order chi connectivity index (χ1) is 16.3. The molecule has 0 aliphatic rings. The summed E-state index contributed by atoms with van der Waals surface area (Å²) in [5.74, 6) is -1.41. The Morgan fingerprint density at radius 2 is 1.50 bits per heavy atom. The number of aryl methyl sites for hydroxylation is 2. The Morgan fingerprint density at radius 3 is 2.12 bits per heavy atom. The number of nitrogens with zero attached hydrogens (tertiary/aromatic N) is 2. The molecule has 34 heavy (non-hydrogen) atoms. The average molecular weight is 464 g/mol. The van der Waals surface area contributed by atoms with E-state index in [1.54, 1.807) is 36.4 Å². The van der Waals surface area contributed by atoms with Crippen LogP contribution in [-0.2, 0) is 9.47 Å². The number of ether oxygens (including phenoxy) is 2. The first-order valence-corrected chi connectivity index (χ1v) is 10.7. The van der Waals surface area contributed by atoms with Crippen LogP contribution in [0.2, 0.25) is 0 Å². The van der Waals surface area contributed by atoms with Crippen LogP contribution < -0.4 is 5.43 Å². The van der Waals surface area contributed by atoms with Crippen LogP contribution in [0, 0.1) is 13.8 Å². The fourth-order valence-corrected chi connectivity index (χ4v) is 3.28. The fraction of sp³-hybridized carbons (Fsp3) is 0.231. The molecular formula is C26H29N3O5. The zero-order valence-corrected chi connectivity index (χ0v) is 20.2. The number of hydrazone groups is 1. The van der Waals surface area contributed by atoms with E-state index in [4.69, 9.17) is 9.47 Å². The van der Waals surface area contributed by atoms with Gasteiger partial charge < -0.3 is 14.0 Å². The molecule has 0 atom stereocenters. The molecule has 3 rings (SSSR count). The van der Waals surface area contributed by atoms with Gasteiger partial charge in [-0.1, -0.05) is 26.0 Å². The fourth-order valence-electron chi connectivity index (χ4n) is 3.28. The van der Waals surface area contributed by atoms with Crippen LogP contribution in [0.5, 0.6) is 0 Å². The van der Waals surface area contributed by atoms with Gasteiger partial charge in [-0.2, -0.15) is 5.10 Å². The molecule has 8 heteroatoms. The molecule has 0 aliphatic heterocycles. The number of carbonyl (C=O) groups is 3. The van der Waals surface area contributed by atoms with Crippen molar-refractivity contribution in [2.45, 2.75) is 27.7 Å². The van der Waals surface area contributed by atoms with Crippen molar-refractivity contribution < 1.29 is 23.9 Å². The maximum Gasteiger partial charge on any atom is 0.339 e. The number of hydrogen-bond donors (Lipinski definition) is 1. The second kappa shape index (κ2) is 12.2. The van der Waals surface area contributed by atoms with E-state index in [0.29, 0.717) is 27.9 Å². The van der Waals surface area contributed by atoms with Crippen molar-refractivity contribution >= 4 is 24.1 Å². The van der Waals surface area contributed by atoms with E-state index in [1.165, 1.54) is 26.5 Å². The van der Waals surface area contributed by atoms with Crippen LogP contribution in [0.15, 0.2) is 59.7 Å². The Hall–Kier alpha value is -4.20. The van der Waals surface area contributed by atoms with Crippen molar-refractivity contribution in [3.63, 3.8) is 0 Å². The van der Waals surface area contributed by atoms with Gasteiger partial charge in [0.15, 0.2) is 0 Å². The molecule has 178 valence electrons. The second-order valence-corrected chi connectivity index (χ2v) is 6.99. The smallest absolute Gasteiger partial charge is 0.339 e. The van der Waals surface area contributed by atoms with Crippen LogP contribution in [0.1, 0.15) is 61.9 Å². The van der Waals surface area contributed by atoms with Crippen LogP contribution >= 0.6 is 0 Å². The number of rotatable bonds is 6. The Bertz CT molecular complexity index is 1190. The number of carbonyl (C=O) groups excluding carboxylic acids is 3. The van der Waals surface area contributed by atoms with E-state index in [2.05, 4.69) is 10.5 Å². The number of aromatic nitrogens is 1. The van der Waals surface area contributed by atoms with Crippen molar-refractivity contribution in [3.05, 3.63) is 88.2 Å². The number of amides is 1. The summed E-state index contributed by atoms with van der Waals surface area (Å²) in [7, 11) is 2.62. The summed E-state index contributed by atoms with van der Waals surface area (Å²) in [6.07, 6.45) is 1.42. The maximum atomic E-state index is 12.7. The molecule has 1 aromatic heterocycles. The molecule has 8 nitrogen and oxygen atoms in total. The van der Waals surface area contributed by atoms with Crippen molar-refractivity contribution in [2.75, 3.05) is 14.2 Å². The van der Waals surface area contributed by atoms with Gasteiger partial charge in [-0.3, -0.25) is 4.79 Å². The third-order valence-corrected chi connectivity index (χ3v) is 4.86. The molecule has 0 unspecified atom stereocenters. The summed E-state index contributed by atoms with van der Waals surface area (Å²) in [5, 5.41) is 3.97. The standard InChI is InChI=1S/C24H23N3O5.C2H6/c1-15-8-9-16(2)27(15)21-13-18(10-11-20(21)24(30)32-4)22(28)26-25-14-17-6-5-7-19(12-17)23(29)31-3;1-2/h5-14H,1-4H3,(H,26,28);1-2H3/b25-14+;. The molecule has 0 aliphatic carbocycles. The van der Waals surface area contributed by atoms with Crippen LogP contribution in [0.25, 0.3) is 5.69 Å². The first-order valence-electron chi connectivity index (χ1n) is 10.7. The predicted molar refractivity (Wildman–Crippen MR) is 131 cm³/mol. The highest BCUT2D eigenvalue weighted by Gasteiger charge is 2.18. The lowest BCUT2D eigenvalue weighted by molar-refractivity contribution is 0.0591. The summed E-state index contributed by atoms with van der Waals surface area (Å²) in [6, 6.07) is 15.2. The molecule has 2 aromatic carbocycles. The third-order valence-electron chi connectivity index (χ3n) is 4.86. The molecule has 1 amide bonds. The van der Waals surface area contributed by atoms with Gasteiger partial charge in [0.2, 0.25) is 0 Å². The van der Waals surface area contributed by atoms with Crippen LogP contribution in [0.4, 0.5) is 0 Å². The Morgan fingerprint density at radius 1 is 0.853 bits per heavy atom. The van der Waals surface area contributed by atoms with Crippen molar-refractivity contribution in [3.8, 4) is 5.69 Å². The summed E-state index contributed by atoms with van der Waals surface area (Å²) >= 11 is 0. The van der Waals surface area contributed by atoms with Gasteiger partial charge in [0.1, 0.15) is 0 Å². The summed E-state index contributed by atoms with van der Waals surface area (Å²) in [5.41, 5.74) is 6.49. The molecule has 0 spiro atoms. The SMILES string of the molecule is CC.COC(=O)c1cccc(/C=N/NC(=O)c2ccc(C(=O)OC)c(-n3c(C)ccc3C)c2)c1. The number of hydrogen-bond acceptors (Lipinski definition) is 6. The molecule has 0 saturated heterocycles. The van der Waals surface area contributed by atoms with Gasteiger partial charge in [0.25, 0.3) is 5.91 Å². The van der Waals surface area contributed by atoms with Gasteiger partial charge in [-0.15, -0.1) is 0 Å². The lowest BCUT2D eigenvalue weighted by Gasteiger charge is -2.15. The molecule has 0 saturated carbocycles. The molecule has 1 heterocycles. The van der Waals surface area contributed by atoms with Gasteiger partial charge in [0.05, 0.1) is 37.2 Å². The quantitative estimate of drug-likeness (QED) is 0.331. The lowest BCUT2D eigenvalue weighted by atomic mass is 10.1. The van der Waals surface area contributed by atoms with Crippen molar-refractivity contribution in [1.29, 1.82) is 0 Å². The summed E-state index contributed by atoms with van der Waals surface area (Å²) in [4.78, 5) is 36.6. The van der Waals surface area contributed by atoms with E-state index in [9.17, 15) is 14.4 Å². The topological polar surface area (TPSA) is 99.0 Å². The zero-order valence-electron chi connectivity index (χ0n) is 20.2. The van der Waals surface area contributed by atoms with Crippen molar-refractivity contribution in [1.82, 2.24) is 9.99 Å². The maximum absolute atomic E-state index is 12.7. The summed E-state index contributed by atoms with van der Waals surface area (Å²) < 4.78 is 11.5. The minimum absolute atomic E-state index is 0.320. The Balaban J connectivity index is 0.00000199.